The van der Waals surface area contributed by atoms with Crippen LogP contribution in [0.4, 0.5) is 0 Å². The van der Waals surface area contributed by atoms with Crippen LogP contribution in [0.1, 0.15) is 16.7 Å². The molecule has 2 heteroatoms. The predicted octanol–water partition coefficient (Wildman–Crippen LogP) is 3.35. The van der Waals surface area contributed by atoms with E-state index < -0.39 is 20.2 Å². The van der Waals surface area contributed by atoms with E-state index in [9.17, 15) is 0 Å². The van der Waals surface area contributed by atoms with E-state index in [2.05, 4.69) is 68.7 Å². The van der Waals surface area contributed by atoms with Crippen molar-refractivity contribution in [2.24, 2.45) is 0 Å². The van der Waals surface area contributed by atoms with E-state index in [-0.39, 0.29) is 0 Å². The average molecular weight is 371 g/mol. The SMILES string of the molecule is COCc1cccc[c]1[Sb]1[CH]=Cc2ccccc2C=[CH]1. The summed E-state index contributed by atoms with van der Waals surface area (Å²) in [4.78, 5) is 0. The van der Waals surface area contributed by atoms with E-state index in [4.69, 9.17) is 4.74 Å². The first kappa shape index (κ1) is 13.7. The van der Waals surface area contributed by atoms with Crippen molar-refractivity contribution in [2.75, 3.05) is 7.11 Å². The number of hydrogen-bond acceptors (Lipinski definition) is 1. The average Bonchev–Trinajstić information content (AvgIpc) is 2.71. The van der Waals surface area contributed by atoms with Gasteiger partial charge in [-0.15, -0.1) is 0 Å². The summed E-state index contributed by atoms with van der Waals surface area (Å²) >= 11 is -1.72. The van der Waals surface area contributed by atoms with Crippen LogP contribution in [0.2, 0.25) is 0 Å². The van der Waals surface area contributed by atoms with Gasteiger partial charge in [-0.3, -0.25) is 0 Å². The topological polar surface area (TPSA) is 9.23 Å². The van der Waals surface area contributed by atoms with Gasteiger partial charge >= 0.3 is 128 Å². The molecule has 1 nitrogen and oxygen atoms in total. The monoisotopic (exact) mass is 370 g/mol. The third kappa shape index (κ3) is 2.90. The molecule has 20 heavy (non-hydrogen) atoms. The van der Waals surface area contributed by atoms with Gasteiger partial charge in [-0.1, -0.05) is 0 Å². The Bertz CT molecular complexity index is 625. The van der Waals surface area contributed by atoms with Crippen LogP contribution >= 0.6 is 0 Å². The Kier molecular flexibility index (Phi) is 4.40. The number of hydrogen-bond donors (Lipinski definition) is 0. The molecule has 0 N–H and O–H groups in total. The van der Waals surface area contributed by atoms with Gasteiger partial charge in [0.2, 0.25) is 0 Å². The quantitative estimate of drug-likeness (QED) is 0.753. The van der Waals surface area contributed by atoms with Gasteiger partial charge in [0.05, 0.1) is 0 Å². The summed E-state index contributed by atoms with van der Waals surface area (Å²) in [6.07, 6.45) is 4.59. The zero-order chi connectivity index (χ0) is 13.8. The fraction of sp³-hybridized carbons (Fsp3) is 0.111. The summed E-state index contributed by atoms with van der Waals surface area (Å²) in [5, 5.41) is 0. The van der Waals surface area contributed by atoms with Crippen molar-refractivity contribution < 1.29 is 4.74 Å². The van der Waals surface area contributed by atoms with Crippen molar-refractivity contribution in [2.45, 2.75) is 6.61 Å². The predicted molar refractivity (Wildman–Crippen MR) is 87.1 cm³/mol. The molecule has 0 amide bonds. The Balaban J connectivity index is 1.98. The van der Waals surface area contributed by atoms with Crippen LogP contribution in [0, 0.1) is 0 Å². The van der Waals surface area contributed by atoms with E-state index in [0.717, 1.165) is 0 Å². The van der Waals surface area contributed by atoms with Crippen LogP contribution < -0.4 is 3.51 Å². The van der Waals surface area contributed by atoms with Crippen LogP contribution in [-0.2, 0) is 11.3 Å². The Morgan fingerprint density at radius 3 is 2.10 bits per heavy atom. The maximum atomic E-state index is 5.33. The van der Waals surface area contributed by atoms with E-state index in [1.165, 1.54) is 20.2 Å². The van der Waals surface area contributed by atoms with Crippen LogP contribution in [0.15, 0.2) is 56.6 Å². The second kappa shape index (κ2) is 6.43. The molecule has 1 aliphatic heterocycles. The summed E-state index contributed by atoms with van der Waals surface area (Å²) in [6.45, 7) is 0.700. The Morgan fingerprint density at radius 2 is 1.45 bits per heavy atom. The van der Waals surface area contributed by atoms with Gasteiger partial charge in [-0.25, -0.2) is 0 Å². The summed E-state index contributed by atoms with van der Waals surface area (Å²) < 4.78 is 11.7. The second-order valence-electron chi connectivity index (χ2n) is 4.73. The Hall–Kier alpha value is -1.30. The van der Waals surface area contributed by atoms with Crippen molar-refractivity contribution in [3.8, 4) is 0 Å². The first-order valence-corrected chi connectivity index (χ1v) is 10.9. The van der Waals surface area contributed by atoms with Gasteiger partial charge in [0, 0.05) is 0 Å². The molecule has 0 atom stereocenters. The van der Waals surface area contributed by atoms with Crippen LogP contribution in [0.25, 0.3) is 12.2 Å². The number of methoxy groups -OCH3 is 1. The Morgan fingerprint density at radius 1 is 0.850 bits per heavy atom. The van der Waals surface area contributed by atoms with Gasteiger partial charge < -0.3 is 0 Å². The maximum absolute atomic E-state index is 5.33. The molecule has 100 valence electrons. The molecule has 0 fully saturated rings. The van der Waals surface area contributed by atoms with Gasteiger partial charge in [-0.2, -0.15) is 0 Å². The number of fused-ring (bicyclic) bond motifs is 1. The third-order valence-corrected chi connectivity index (χ3v) is 8.91. The van der Waals surface area contributed by atoms with Gasteiger partial charge in [-0.05, 0) is 0 Å². The standard InChI is InChI=1S/C10H8.C8H9O.Sb/c1-3-9-7-5-6-8-10(9)4-2;1-9-7-8-5-3-2-4-6-8;/h1-8H;2-5H,7H2,1H3;. The van der Waals surface area contributed by atoms with Crippen LogP contribution in [0.3, 0.4) is 0 Å². The van der Waals surface area contributed by atoms with Gasteiger partial charge in [0.15, 0.2) is 0 Å². The molecule has 0 spiro atoms. The molecule has 1 aliphatic rings. The molecular formula is C18H17OSb. The summed E-state index contributed by atoms with van der Waals surface area (Å²) in [5.41, 5.74) is 3.97. The molecule has 2 aromatic carbocycles. The first-order valence-electron chi connectivity index (χ1n) is 6.69. The number of rotatable bonds is 3. The molecule has 3 rings (SSSR count). The minimum absolute atomic E-state index is 0.700. The third-order valence-electron chi connectivity index (χ3n) is 3.40. The van der Waals surface area contributed by atoms with Crippen LogP contribution in [-0.4, -0.2) is 27.3 Å². The van der Waals surface area contributed by atoms with E-state index in [1.807, 2.05) is 0 Å². The van der Waals surface area contributed by atoms with Crippen molar-refractivity contribution >= 4 is 35.9 Å². The zero-order valence-corrected chi connectivity index (χ0v) is 14.0. The molecule has 0 aromatic heterocycles. The molecule has 1 heterocycles. The first-order chi connectivity index (χ1) is 9.88. The van der Waals surface area contributed by atoms with E-state index in [1.54, 1.807) is 7.11 Å². The summed E-state index contributed by atoms with van der Waals surface area (Å²) in [6, 6.07) is 17.2. The second-order valence-corrected chi connectivity index (χ2v) is 10.1. The molecular weight excluding hydrogens is 354 g/mol. The molecule has 0 saturated heterocycles. The van der Waals surface area contributed by atoms with Crippen molar-refractivity contribution in [1.29, 1.82) is 0 Å². The van der Waals surface area contributed by atoms with E-state index in [0.29, 0.717) is 6.61 Å². The normalized spacial score (nSPS) is 14.1. The molecule has 0 saturated carbocycles. The van der Waals surface area contributed by atoms with Gasteiger partial charge in [0.1, 0.15) is 0 Å². The molecule has 2 aromatic rings. The fourth-order valence-electron chi connectivity index (χ4n) is 2.39. The van der Waals surface area contributed by atoms with Crippen molar-refractivity contribution in [1.82, 2.24) is 0 Å². The zero-order valence-electron chi connectivity index (χ0n) is 11.5. The molecule has 0 bridgehead atoms. The van der Waals surface area contributed by atoms with Crippen molar-refractivity contribution in [3.05, 3.63) is 73.3 Å². The van der Waals surface area contributed by atoms with Gasteiger partial charge in [0.25, 0.3) is 0 Å². The van der Waals surface area contributed by atoms with E-state index >= 15 is 0 Å². The molecule has 0 radical (unpaired) electrons. The van der Waals surface area contributed by atoms with Crippen LogP contribution in [0.5, 0.6) is 0 Å². The van der Waals surface area contributed by atoms with Crippen molar-refractivity contribution in [3.63, 3.8) is 0 Å². The Labute approximate surface area is 127 Å². The number of benzene rings is 2. The summed E-state index contributed by atoms with van der Waals surface area (Å²) in [7, 11) is 1.76. The summed E-state index contributed by atoms with van der Waals surface area (Å²) in [5.74, 6) is 0. The molecule has 0 unspecified atom stereocenters. The minimum atomic E-state index is -1.72. The number of ether oxygens (including phenoxy) is 1. The molecule has 0 aliphatic carbocycles. The fourth-order valence-corrected chi connectivity index (χ4v) is 7.50.